The number of unbranched alkanes of at least 4 members (excludes halogenated alkanes) is 8. The van der Waals surface area contributed by atoms with E-state index in [1.165, 1.54) is 57.8 Å². The lowest BCUT2D eigenvalue weighted by molar-refractivity contribution is 0.00323. The third kappa shape index (κ3) is 22.2. The molecule has 0 aromatic heterocycles. The van der Waals surface area contributed by atoms with Gasteiger partial charge in [0.05, 0.1) is 39.6 Å². The summed E-state index contributed by atoms with van der Waals surface area (Å²) in [6, 6.07) is 0. The second-order valence-corrected chi connectivity index (χ2v) is 6.18. The van der Waals surface area contributed by atoms with Crippen LogP contribution < -0.4 is 0 Å². The van der Waals surface area contributed by atoms with Gasteiger partial charge in [0.25, 0.3) is 0 Å². The summed E-state index contributed by atoms with van der Waals surface area (Å²) in [6.45, 7) is 4.71. The molecule has 0 aliphatic rings. The van der Waals surface area contributed by atoms with E-state index in [0.29, 0.717) is 39.6 Å². The third-order valence-corrected chi connectivity index (χ3v) is 3.94. The van der Waals surface area contributed by atoms with E-state index in [2.05, 4.69) is 12.6 Å². The van der Waals surface area contributed by atoms with Crippen LogP contribution in [0.4, 0.5) is 0 Å². The zero-order valence-electron chi connectivity index (χ0n) is 15.1. The molecule has 140 valence electrons. The summed E-state index contributed by atoms with van der Waals surface area (Å²) in [6.07, 6.45) is 11.9. The van der Waals surface area contributed by atoms with Crippen molar-refractivity contribution in [3.05, 3.63) is 0 Å². The quantitative estimate of drug-likeness (QED) is 0.265. The van der Waals surface area contributed by atoms with E-state index < -0.39 is 0 Å². The van der Waals surface area contributed by atoms with Gasteiger partial charge in [0.1, 0.15) is 0 Å². The Kier molecular flexibility index (Phi) is 22.4. The lowest BCUT2D eigenvalue weighted by atomic mass is 10.1. The Bertz CT molecular complexity index is 185. The molecular weight excluding hydrogens is 312 g/mol. The molecule has 0 aromatic rings. The summed E-state index contributed by atoms with van der Waals surface area (Å²) in [5, 5.41) is 0. The van der Waals surface area contributed by atoms with Gasteiger partial charge in [-0.05, 0) is 18.6 Å². The van der Waals surface area contributed by atoms with Crippen LogP contribution in [0.25, 0.3) is 0 Å². The summed E-state index contributed by atoms with van der Waals surface area (Å²) in [5.41, 5.74) is 0. The van der Waals surface area contributed by atoms with Crippen LogP contribution >= 0.6 is 12.6 Å². The third-order valence-electron chi connectivity index (χ3n) is 3.62. The standard InChI is InChI=1S/C18H38O4S/c1-19-12-13-21-16-17-22-15-14-20-11-9-7-5-3-2-4-6-8-10-18-23/h23H,2-18H2,1H3. The minimum Gasteiger partial charge on any atom is -0.382 e. The summed E-state index contributed by atoms with van der Waals surface area (Å²) in [4.78, 5) is 0. The van der Waals surface area contributed by atoms with E-state index in [9.17, 15) is 0 Å². The normalized spacial score (nSPS) is 11.2. The molecule has 0 unspecified atom stereocenters. The number of hydrogen-bond acceptors (Lipinski definition) is 5. The van der Waals surface area contributed by atoms with E-state index in [-0.39, 0.29) is 0 Å². The topological polar surface area (TPSA) is 36.9 Å². The molecule has 0 atom stereocenters. The van der Waals surface area contributed by atoms with E-state index in [0.717, 1.165) is 12.4 Å². The number of ether oxygens (including phenoxy) is 4. The van der Waals surface area contributed by atoms with Crippen LogP contribution in [0.1, 0.15) is 57.8 Å². The van der Waals surface area contributed by atoms with Gasteiger partial charge in [-0.15, -0.1) is 0 Å². The van der Waals surface area contributed by atoms with Gasteiger partial charge >= 0.3 is 0 Å². The summed E-state index contributed by atoms with van der Waals surface area (Å²) in [7, 11) is 1.67. The van der Waals surface area contributed by atoms with Crippen LogP contribution in [0.3, 0.4) is 0 Å². The molecule has 0 bridgehead atoms. The summed E-state index contributed by atoms with van der Waals surface area (Å²) in [5.74, 6) is 1.03. The van der Waals surface area contributed by atoms with Crippen LogP contribution in [-0.4, -0.2) is 59.1 Å². The zero-order valence-corrected chi connectivity index (χ0v) is 16.0. The molecule has 0 N–H and O–H groups in total. The average Bonchev–Trinajstić information content (AvgIpc) is 2.57. The number of rotatable bonds is 20. The number of thiol groups is 1. The highest BCUT2D eigenvalue weighted by Gasteiger charge is 1.94. The Hall–Kier alpha value is 0.190. The van der Waals surface area contributed by atoms with Gasteiger partial charge in [-0.1, -0.05) is 44.9 Å². The van der Waals surface area contributed by atoms with Crippen LogP contribution in [0, 0.1) is 0 Å². The molecular formula is C18H38O4S. The lowest BCUT2D eigenvalue weighted by Gasteiger charge is -2.06. The van der Waals surface area contributed by atoms with Crippen molar-refractivity contribution in [3.63, 3.8) is 0 Å². The van der Waals surface area contributed by atoms with Crippen LogP contribution in [0.2, 0.25) is 0 Å². The van der Waals surface area contributed by atoms with Crippen molar-refractivity contribution >= 4 is 12.6 Å². The lowest BCUT2D eigenvalue weighted by Crippen LogP contribution is -2.11. The van der Waals surface area contributed by atoms with E-state index >= 15 is 0 Å². The summed E-state index contributed by atoms with van der Waals surface area (Å²) < 4.78 is 21.2. The van der Waals surface area contributed by atoms with E-state index in [4.69, 9.17) is 18.9 Å². The van der Waals surface area contributed by atoms with E-state index in [1.54, 1.807) is 7.11 Å². The summed E-state index contributed by atoms with van der Waals surface area (Å²) >= 11 is 4.23. The molecule has 0 aromatic carbocycles. The fraction of sp³-hybridized carbons (Fsp3) is 1.00. The van der Waals surface area contributed by atoms with Crippen molar-refractivity contribution in [1.29, 1.82) is 0 Å². The molecule has 0 amide bonds. The van der Waals surface area contributed by atoms with E-state index in [1.807, 2.05) is 0 Å². The van der Waals surface area contributed by atoms with Gasteiger partial charge in [-0.2, -0.15) is 12.6 Å². The van der Waals surface area contributed by atoms with Gasteiger partial charge < -0.3 is 18.9 Å². The van der Waals surface area contributed by atoms with Crippen molar-refractivity contribution in [2.45, 2.75) is 57.8 Å². The van der Waals surface area contributed by atoms with Crippen LogP contribution in [-0.2, 0) is 18.9 Å². The van der Waals surface area contributed by atoms with Crippen molar-refractivity contribution in [2.24, 2.45) is 0 Å². The number of methoxy groups -OCH3 is 1. The molecule has 0 fully saturated rings. The number of hydrogen-bond donors (Lipinski definition) is 1. The molecule has 0 saturated carbocycles. The second-order valence-electron chi connectivity index (χ2n) is 5.74. The van der Waals surface area contributed by atoms with Gasteiger partial charge in [0.2, 0.25) is 0 Å². The van der Waals surface area contributed by atoms with Crippen LogP contribution in [0.15, 0.2) is 0 Å². The highest BCUT2D eigenvalue weighted by molar-refractivity contribution is 7.80. The maximum atomic E-state index is 5.56. The fourth-order valence-corrected chi connectivity index (χ4v) is 2.46. The van der Waals surface area contributed by atoms with Crippen molar-refractivity contribution < 1.29 is 18.9 Å². The Morgan fingerprint density at radius 1 is 0.478 bits per heavy atom. The Balaban J connectivity index is 2.92. The maximum absolute atomic E-state index is 5.56. The van der Waals surface area contributed by atoms with Gasteiger partial charge in [0, 0.05) is 13.7 Å². The van der Waals surface area contributed by atoms with Gasteiger partial charge in [0.15, 0.2) is 0 Å². The molecule has 0 rings (SSSR count). The predicted octanol–water partition coefficient (Wildman–Crippen LogP) is 4.12. The minimum absolute atomic E-state index is 0.623. The van der Waals surface area contributed by atoms with Crippen LogP contribution in [0.5, 0.6) is 0 Å². The monoisotopic (exact) mass is 350 g/mol. The molecule has 0 aliphatic carbocycles. The zero-order chi connectivity index (χ0) is 16.8. The highest BCUT2D eigenvalue weighted by Crippen LogP contribution is 2.09. The van der Waals surface area contributed by atoms with Crippen molar-refractivity contribution in [2.75, 3.05) is 59.1 Å². The van der Waals surface area contributed by atoms with Crippen molar-refractivity contribution in [1.82, 2.24) is 0 Å². The smallest absolute Gasteiger partial charge is 0.0701 e. The predicted molar refractivity (Wildman–Crippen MR) is 99.7 cm³/mol. The maximum Gasteiger partial charge on any atom is 0.0701 e. The molecule has 0 radical (unpaired) electrons. The molecule has 0 saturated heterocycles. The molecule has 23 heavy (non-hydrogen) atoms. The first-order valence-corrected chi connectivity index (χ1v) is 9.88. The SMILES string of the molecule is COCCOCCOCCOCCCCCCCCCCCS. The largest absolute Gasteiger partial charge is 0.382 e. The molecule has 5 heteroatoms. The molecule has 0 heterocycles. The highest BCUT2D eigenvalue weighted by atomic mass is 32.1. The average molecular weight is 351 g/mol. The Morgan fingerprint density at radius 2 is 0.870 bits per heavy atom. The Labute approximate surface area is 149 Å². The van der Waals surface area contributed by atoms with Gasteiger partial charge in [-0.3, -0.25) is 0 Å². The fourth-order valence-electron chi connectivity index (χ4n) is 2.24. The van der Waals surface area contributed by atoms with Crippen molar-refractivity contribution in [3.8, 4) is 0 Å². The minimum atomic E-state index is 0.623. The van der Waals surface area contributed by atoms with Gasteiger partial charge in [-0.25, -0.2) is 0 Å². The first-order valence-electron chi connectivity index (χ1n) is 9.25. The molecule has 0 spiro atoms. The second kappa shape index (κ2) is 22.2. The Morgan fingerprint density at radius 3 is 1.35 bits per heavy atom. The molecule has 4 nitrogen and oxygen atoms in total. The molecule has 0 aliphatic heterocycles. The first kappa shape index (κ1) is 23.2. The first-order chi connectivity index (χ1) is 11.4.